The molecule has 0 radical (unpaired) electrons. The number of benzene rings is 1. The van der Waals surface area contributed by atoms with E-state index in [0.717, 1.165) is 17.0 Å². The van der Waals surface area contributed by atoms with Gasteiger partial charge in [0, 0.05) is 18.2 Å². The number of pyridine rings is 1. The van der Waals surface area contributed by atoms with E-state index in [1.807, 2.05) is 44.2 Å². The molecule has 0 bridgehead atoms. The largest absolute Gasteiger partial charge is 0.497 e. The molecule has 3 rings (SSSR count). The highest BCUT2D eigenvalue weighted by molar-refractivity contribution is 5.90. The topological polar surface area (TPSA) is 78.3 Å². The van der Waals surface area contributed by atoms with E-state index >= 15 is 0 Å². The van der Waals surface area contributed by atoms with Gasteiger partial charge in [0.15, 0.2) is 5.82 Å². The van der Waals surface area contributed by atoms with Crippen LogP contribution in [-0.2, 0) is 11.2 Å². The number of amides is 1. The van der Waals surface area contributed by atoms with E-state index in [9.17, 15) is 4.79 Å². The molecule has 3 aromatic rings. The molecule has 0 saturated heterocycles. The molecule has 1 N–H and O–H groups in total. The van der Waals surface area contributed by atoms with Crippen LogP contribution >= 0.6 is 0 Å². The molecular weight excluding hydrogens is 356 g/mol. The number of hydrogen-bond acceptors (Lipinski definition) is 5. The van der Waals surface area contributed by atoms with Crippen LogP contribution < -0.4 is 14.8 Å². The molecule has 146 valence electrons. The molecular formula is C21H24N4O3. The van der Waals surface area contributed by atoms with Gasteiger partial charge in [-0.05, 0) is 56.2 Å². The molecule has 7 nitrogen and oxygen atoms in total. The van der Waals surface area contributed by atoms with Crippen molar-refractivity contribution in [2.45, 2.75) is 26.7 Å². The summed E-state index contributed by atoms with van der Waals surface area (Å²) >= 11 is 0. The molecule has 0 aliphatic carbocycles. The van der Waals surface area contributed by atoms with E-state index in [2.05, 4.69) is 15.4 Å². The lowest BCUT2D eigenvalue weighted by atomic mass is 10.1. The van der Waals surface area contributed by atoms with Gasteiger partial charge in [0.25, 0.3) is 0 Å². The number of nitrogens with one attached hydrogen (secondary N) is 1. The van der Waals surface area contributed by atoms with Gasteiger partial charge < -0.3 is 14.8 Å². The molecule has 0 saturated carbocycles. The third kappa shape index (κ3) is 4.68. The molecule has 2 heterocycles. The van der Waals surface area contributed by atoms with Gasteiger partial charge in [-0.2, -0.15) is 5.10 Å². The second-order valence-corrected chi connectivity index (χ2v) is 6.51. The normalized spacial score (nSPS) is 10.6. The number of anilines is 1. The molecule has 0 unspecified atom stereocenters. The van der Waals surface area contributed by atoms with E-state index in [1.165, 1.54) is 0 Å². The molecule has 0 atom stereocenters. The molecule has 2 aromatic heterocycles. The second-order valence-electron chi connectivity index (χ2n) is 6.51. The highest BCUT2D eigenvalue weighted by Crippen LogP contribution is 2.23. The standard InChI is InChI=1S/C21H24N4O3/c1-14-9-15(2)25(24-14)20-7-6-17(13-22-20)23-21(26)8-5-16-10-18(27-3)12-19(11-16)28-4/h6-7,9-13H,5,8H2,1-4H3,(H,23,26). The van der Waals surface area contributed by atoms with Crippen molar-refractivity contribution in [2.75, 3.05) is 19.5 Å². The van der Waals surface area contributed by atoms with Gasteiger partial charge >= 0.3 is 0 Å². The number of carbonyl (C=O) groups excluding carboxylic acids is 1. The van der Waals surface area contributed by atoms with Gasteiger partial charge in [-0.1, -0.05) is 0 Å². The number of aryl methyl sites for hydroxylation is 3. The van der Waals surface area contributed by atoms with Crippen LogP contribution in [0.4, 0.5) is 5.69 Å². The third-order valence-electron chi connectivity index (χ3n) is 4.31. The Morgan fingerprint density at radius 2 is 1.79 bits per heavy atom. The van der Waals surface area contributed by atoms with Crippen LogP contribution in [0, 0.1) is 13.8 Å². The first-order valence-corrected chi connectivity index (χ1v) is 9.00. The minimum absolute atomic E-state index is 0.0811. The van der Waals surface area contributed by atoms with Crippen molar-refractivity contribution in [3.63, 3.8) is 0 Å². The van der Waals surface area contributed by atoms with E-state index in [1.54, 1.807) is 31.2 Å². The van der Waals surface area contributed by atoms with Crippen molar-refractivity contribution in [1.29, 1.82) is 0 Å². The van der Waals surface area contributed by atoms with Crippen LogP contribution in [0.3, 0.4) is 0 Å². The number of ether oxygens (including phenoxy) is 2. The van der Waals surface area contributed by atoms with Crippen LogP contribution in [0.25, 0.3) is 5.82 Å². The van der Waals surface area contributed by atoms with Crippen LogP contribution in [0.1, 0.15) is 23.4 Å². The van der Waals surface area contributed by atoms with Crippen molar-refractivity contribution in [1.82, 2.24) is 14.8 Å². The zero-order valence-corrected chi connectivity index (χ0v) is 16.5. The van der Waals surface area contributed by atoms with E-state index in [-0.39, 0.29) is 5.91 Å². The van der Waals surface area contributed by atoms with Gasteiger partial charge in [0.05, 0.1) is 31.8 Å². The number of rotatable bonds is 7. The molecule has 0 aliphatic rings. The summed E-state index contributed by atoms with van der Waals surface area (Å²) in [4.78, 5) is 16.7. The summed E-state index contributed by atoms with van der Waals surface area (Å²) in [5.41, 5.74) is 3.57. The summed E-state index contributed by atoms with van der Waals surface area (Å²) in [5.74, 6) is 2.05. The number of carbonyl (C=O) groups is 1. The van der Waals surface area contributed by atoms with E-state index in [4.69, 9.17) is 9.47 Å². The van der Waals surface area contributed by atoms with E-state index < -0.39 is 0 Å². The van der Waals surface area contributed by atoms with Crippen molar-refractivity contribution >= 4 is 11.6 Å². The number of nitrogens with zero attached hydrogens (tertiary/aromatic N) is 3. The lowest BCUT2D eigenvalue weighted by Crippen LogP contribution is -2.13. The number of hydrogen-bond donors (Lipinski definition) is 1. The highest BCUT2D eigenvalue weighted by atomic mass is 16.5. The number of methoxy groups -OCH3 is 2. The molecule has 28 heavy (non-hydrogen) atoms. The maximum absolute atomic E-state index is 12.3. The van der Waals surface area contributed by atoms with Crippen LogP contribution in [-0.4, -0.2) is 34.9 Å². The van der Waals surface area contributed by atoms with Crippen molar-refractivity contribution in [3.8, 4) is 17.3 Å². The quantitative estimate of drug-likeness (QED) is 0.679. The highest BCUT2D eigenvalue weighted by Gasteiger charge is 2.08. The first-order valence-electron chi connectivity index (χ1n) is 9.00. The van der Waals surface area contributed by atoms with Crippen molar-refractivity contribution in [3.05, 3.63) is 59.5 Å². The summed E-state index contributed by atoms with van der Waals surface area (Å²) in [7, 11) is 3.21. The molecule has 1 aromatic carbocycles. The maximum Gasteiger partial charge on any atom is 0.224 e. The summed E-state index contributed by atoms with van der Waals surface area (Å²) in [6.45, 7) is 3.92. The Balaban J connectivity index is 1.60. The minimum atomic E-state index is -0.0811. The summed E-state index contributed by atoms with van der Waals surface area (Å²) in [5, 5.41) is 7.28. The Hall–Kier alpha value is -3.35. The Labute approximate surface area is 164 Å². The monoisotopic (exact) mass is 380 g/mol. The molecule has 0 fully saturated rings. The fraction of sp³-hybridized carbons (Fsp3) is 0.286. The van der Waals surface area contributed by atoms with Crippen LogP contribution in [0.15, 0.2) is 42.6 Å². The average Bonchev–Trinajstić information content (AvgIpc) is 3.04. The lowest BCUT2D eigenvalue weighted by molar-refractivity contribution is -0.116. The van der Waals surface area contributed by atoms with E-state index in [0.29, 0.717) is 35.8 Å². The zero-order chi connectivity index (χ0) is 20.1. The zero-order valence-electron chi connectivity index (χ0n) is 16.5. The predicted octanol–water partition coefficient (Wildman–Crippen LogP) is 3.47. The van der Waals surface area contributed by atoms with Crippen LogP contribution in [0.2, 0.25) is 0 Å². The summed E-state index contributed by atoms with van der Waals surface area (Å²) in [6, 6.07) is 11.3. The molecule has 7 heteroatoms. The fourth-order valence-electron chi connectivity index (χ4n) is 2.94. The molecule has 0 aliphatic heterocycles. The summed E-state index contributed by atoms with van der Waals surface area (Å²) < 4.78 is 12.3. The molecule has 1 amide bonds. The lowest BCUT2D eigenvalue weighted by Gasteiger charge is -2.09. The molecule has 0 spiro atoms. The Morgan fingerprint density at radius 3 is 2.32 bits per heavy atom. The van der Waals surface area contributed by atoms with Crippen molar-refractivity contribution < 1.29 is 14.3 Å². The third-order valence-corrected chi connectivity index (χ3v) is 4.31. The Kier molecular flexibility index (Phi) is 5.93. The number of aromatic nitrogens is 3. The first-order chi connectivity index (χ1) is 13.5. The van der Waals surface area contributed by atoms with Gasteiger partial charge in [-0.15, -0.1) is 0 Å². The smallest absolute Gasteiger partial charge is 0.224 e. The first kappa shape index (κ1) is 19.4. The Morgan fingerprint density at radius 1 is 1.07 bits per heavy atom. The van der Waals surface area contributed by atoms with Crippen LogP contribution in [0.5, 0.6) is 11.5 Å². The van der Waals surface area contributed by atoms with Crippen molar-refractivity contribution in [2.24, 2.45) is 0 Å². The van der Waals surface area contributed by atoms with Gasteiger partial charge in [0.2, 0.25) is 5.91 Å². The Bertz CT molecular complexity index is 942. The second kappa shape index (κ2) is 8.56. The minimum Gasteiger partial charge on any atom is -0.497 e. The van der Waals surface area contributed by atoms with Gasteiger partial charge in [-0.25, -0.2) is 9.67 Å². The SMILES string of the molecule is COc1cc(CCC(=O)Nc2ccc(-n3nc(C)cc3C)nc2)cc(OC)c1. The predicted molar refractivity (Wildman–Crippen MR) is 107 cm³/mol. The summed E-state index contributed by atoms with van der Waals surface area (Å²) in [6.07, 6.45) is 2.56. The van der Waals surface area contributed by atoms with Gasteiger partial charge in [-0.3, -0.25) is 4.79 Å². The average molecular weight is 380 g/mol. The maximum atomic E-state index is 12.3. The van der Waals surface area contributed by atoms with Gasteiger partial charge in [0.1, 0.15) is 11.5 Å². The fourth-order valence-corrected chi connectivity index (χ4v) is 2.94.